The molecule has 1 fully saturated rings. The first-order valence-corrected chi connectivity index (χ1v) is 14.0. The number of benzene rings is 2. The number of carbonyl (C=O) groups is 1. The van der Waals surface area contributed by atoms with Gasteiger partial charge in [0.2, 0.25) is 26.0 Å². The Morgan fingerprint density at radius 3 is 2.15 bits per heavy atom. The molecule has 1 N–H and O–H groups in total. The van der Waals surface area contributed by atoms with E-state index in [0.29, 0.717) is 18.8 Å². The number of hydrogen-bond donors (Lipinski definition) is 1. The van der Waals surface area contributed by atoms with E-state index in [2.05, 4.69) is 5.32 Å². The van der Waals surface area contributed by atoms with E-state index >= 15 is 0 Å². The van der Waals surface area contributed by atoms with Gasteiger partial charge >= 0.3 is 0 Å². The maximum absolute atomic E-state index is 12.7. The minimum Gasteiger partial charge on any atom is -0.492 e. The molecule has 0 spiro atoms. The van der Waals surface area contributed by atoms with Gasteiger partial charge in [-0.05, 0) is 56.2 Å². The van der Waals surface area contributed by atoms with Crippen molar-refractivity contribution in [2.24, 2.45) is 0 Å². The lowest BCUT2D eigenvalue weighted by Gasteiger charge is -2.25. The van der Waals surface area contributed by atoms with Crippen LogP contribution in [0.1, 0.15) is 24.8 Å². The molecule has 0 aliphatic carbocycles. The van der Waals surface area contributed by atoms with Crippen molar-refractivity contribution >= 4 is 26.0 Å². The normalized spacial score (nSPS) is 15.3. The van der Waals surface area contributed by atoms with Crippen LogP contribution in [0.15, 0.2) is 58.3 Å². The fourth-order valence-electron chi connectivity index (χ4n) is 3.55. The zero-order chi connectivity index (χ0) is 24.8. The van der Waals surface area contributed by atoms with Crippen molar-refractivity contribution in [1.82, 2.24) is 13.9 Å². The monoisotopic (exact) mass is 509 g/mol. The maximum atomic E-state index is 12.7. The standard InChI is InChI=1S/C23H31N3O6S2/c1-19-6-10-21(11-7-19)33(28,29)25(2)18-23(27)24-14-17-32-20-8-12-22(13-9-20)34(30,31)26-15-4-3-5-16-26/h6-13H,3-5,14-18H2,1-2H3,(H,24,27). The summed E-state index contributed by atoms with van der Waals surface area (Å²) in [7, 11) is -5.90. The van der Waals surface area contributed by atoms with Gasteiger partial charge in [0, 0.05) is 20.1 Å². The van der Waals surface area contributed by atoms with Crippen LogP contribution in [0.3, 0.4) is 0 Å². The van der Waals surface area contributed by atoms with Gasteiger partial charge < -0.3 is 10.1 Å². The number of hydrogen-bond acceptors (Lipinski definition) is 6. The van der Waals surface area contributed by atoms with Crippen molar-refractivity contribution < 1.29 is 26.4 Å². The van der Waals surface area contributed by atoms with E-state index in [4.69, 9.17) is 4.74 Å². The molecule has 0 bridgehead atoms. The fourth-order valence-corrected chi connectivity index (χ4v) is 6.20. The number of carbonyl (C=O) groups excluding carboxylic acids is 1. The van der Waals surface area contributed by atoms with E-state index < -0.39 is 26.0 Å². The molecule has 1 heterocycles. The van der Waals surface area contributed by atoms with Crippen LogP contribution in [0.4, 0.5) is 0 Å². The third-order valence-electron chi connectivity index (χ3n) is 5.56. The predicted molar refractivity (Wildman–Crippen MR) is 129 cm³/mol. The summed E-state index contributed by atoms with van der Waals surface area (Å²) in [4.78, 5) is 12.5. The second-order valence-corrected chi connectivity index (χ2v) is 12.2. The molecule has 0 atom stereocenters. The van der Waals surface area contributed by atoms with Crippen LogP contribution >= 0.6 is 0 Å². The number of nitrogens with zero attached hydrogens (tertiary/aromatic N) is 2. The SMILES string of the molecule is Cc1ccc(S(=O)(=O)N(C)CC(=O)NCCOc2ccc(S(=O)(=O)N3CCCCC3)cc2)cc1. The smallest absolute Gasteiger partial charge is 0.243 e. The van der Waals surface area contributed by atoms with E-state index in [1.807, 2.05) is 6.92 Å². The van der Waals surface area contributed by atoms with Crippen molar-refractivity contribution in [1.29, 1.82) is 0 Å². The van der Waals surface area contributed by atoms with Crippen molar-refractivity contribution in [2.75, 3.05) is 39.8 Å². The van der Waals surface area contributed by atoms with Gasteiger partial charge in [0.25, 0.3) is 0 Å². The summed E-state index contributed by atoms with van der Waals surface area (Å²) in [5, 5.41) is 2.62. The molecule has 1 aliphatic rings. The van der Waals surface area contributed by atoms with Gasteiger partial charge in [0.05, 0.1) is 22.9 Å². The number of piperidine rings is 1. The Balaban J connectivity index is 1.44. The Hall–Kier alpha value is -2.47. The molecular weight excluding hydrogens is 478 g/mol. The number of aryl methyl sites for hydroxylation is 1. The minimum atomic E-state index is -3.76. The lowest BCUT2D eigenvalue weighted by atomic mass is 10.2. The molecule has 2 aromatic carbocycles. The van der Waals surface area contributed by atoms with Gasteiger partial charge in [-0.3, -0.25) is 4.79 Å². The van der Waals surface area contributed by atoms with Crippen LogP contribution in [0.2, 0.25) is 0 Å². The summed E-state index contributed by atoms with van der Waals surface area (Å²) in [6.45, 7) is 2.95. The van der Waals surface area contributed by atoms with E-state index in [1.54, 1.807) is 24.3 Å². The molecule has 2 aromatic rings. The van der Waals surface area contributed by atoms with Crippen molar-refractivity contribution in [3.8, 4) is 5.75 Å². The average molecular weight is 510 g/mol. The van der Waals surface area contributed by atoms with Crippen LogP contribution in [-0.4, -0.2) is 71.2 Å². The number of sulfonamides is 2. The van der Waals surface area contributed by atoms with Crippen molar-refractivity contribution in [2.45, 2.75) is 36.0 Å². The summed E-state index contributed by atoms with van der Waals surface area (Å²) >= 11 is 0. The van der Waals surface area contributed by atoms with E-state index in [0.717, 1.165) is 29.1 Å². The molecule has 34 heavy (non-hydrogen) atoms. The molecule has 0 radical (unpaired) electrons. The number of nitrogens with one attached hydrogen (secondary N) is 1. The predicted octanol–water partition coefficient (Wildman–Crippen LogP) is 1.99. The largest absolute Gasteiger partial charge is 0.492 e. The number of rotatable bonds is 10. The topological polar surface area (TPSA) is 113 Å². The van der Waals surface area contributed by atoms with E-state index in [9.17, 15) is 21.6 Å². The molecule has 3 rings (SSSR count). The Morgan fingerprint density at radius 1 is 0.941 bits per heavy atom. The van der Waals surface area contributed by atoms with Gasteiger partial charge in [-0.25, -0.2) is 16.8 Å². The van der Waals surface area contributed by atoms with Gasteiger partial charge in [0.1, 0.15) is 12.4 Å². The molecular formula is C23H31N3O6S2. The van der Waals surface area contributed by atoms with E-state index in [-0.39, 0.29) is 29.5 Å². The quantitative estimate of drug-likeness (QED) is 0.490. The van der Waals surface area contributed by atoms with Crippen LogP contribution in [0.5, 0.6) is 5.75 Å². The molecule has 1 amide bonds. The third kappa shape index (κ3) is 6.56. The fraction of sp³-hybridized carbons (Fsp3) is 0.435. The highest BCUT2D eigenvalue weighted by molar-refractivity contribution is 7.89. The number of amides is 1. The molecule has 9 nitrogen and oxygen atoms in total. The number of ether oxygens (including phenoxy) is 1. The molecule has 1 saturated heterocycles. The highest BCUT2D eigenvalue weighted by Crippen LogP contribution is 2.22. The van der Waals surface area contributed by atoms with Crippen LogP contribution < -0.4 is 10.1 Å². The lowest BCUT2D eigenvalue weighted by molar-refractivity contribution is -0.121. The zero-order valence-corrected chi connectivity index (χ0v) is 21.1. The van der Waals surface area contributed by atoms with Crippen molar-refractivity contribution in [3.63, 3.8) is 0 Å². The minimum absolute atomic E-state index is 0.127. The molecule has 0 aromatic heterocycles. The lowest BCUT2D eigenvalue weighted by Crippen LogP contribution is -2.39. The molecule has 1 aliphatic heterocycles. The summed E-state index contributed by atoms with van der Waals surface area (Å²) < 4.78 is 58.6. The Bertz CT molecular complexity index is 1170. The van der Waals surface area contributed by atoms with Gasteiger partial charge in [-0.15, -0.1) is 0 Å². The molecule has 0 unspecified atom stereocenters. The third-order valence-corrected chi connectivity index (χ3v) is 9.30. The molecule has 11 heteroatoms. The maximum Gasteiger partial charge on any atom is 0.243 e. The van der Waals surface area contributed by atoms with Crippen molar-refractivity contribution in [3.05, 3.63) is 54.1 Å². The molecule has 186 valence electrons. The first-order chi connectivity index (χ1) is 16.1. The van der Waals surface area contributed by atoms with Crippen LogP contribution in [0.25, 0.3) is 0 Å². The summed E-state index contributed by atoms with van der Waals surface area (Å²) in [6, 6.07) is 12.6. The van der Waals surface area contributed by atoms with Gasteiger partial charge in [-0.1, -0.05) is 24.1 Å². The summed E-state index contributed by atoms with van der Waals surface area (Å²) in [6.07, 6.45) is 2.80. The second-order valence-electron chi connectivity index (χ2n) is 8.21. The Morgan fingerprint density at radius 2 is 1.53 bits per heavy atom. The highest BCUT2D eigenvalue weighted by Gasteiger charge is 2.26. The van der Waals surface area contributed by atoms with Crippen LogP contribution in [-0.2, 0) is 24.8 Å². The average Bonchev–Trinajstić information content (AvgIpc) is 2.83. The first-order valence-electron chi connectivity index (χ1n) is 11.1. The second kappa shape index (κ2) is 11.3. The summed E-state index contributed by atoms with van der Waals surface area (Å²) in [5.41, 5.74) is 0.942. The van der Waals surface area contributed by atoms with Gasteiger partial charge in [-0.2, -0.15) is 8.61 Å². The summed E-state index contributed by atoms with van der Waals surface area (Å²) in [5.74, 6) is 0.0238. The first kappa shape index (κ1) is 26.1. The molecule has 0 saturated carbocycles. The van der Waals surface area contributed by atoms with Crippen LogP contribution in [0, 0.1) is 6.92 Å². The Labute approximate surface area is 201 Å². The Kier molecular flexibility index (Phi) is 8.69. The number of likely N-dealkylation sites (N-methyl/N-ethyl adjacent to an activating group) is 1. The zero-order valence-electron chi connectivity index (χ0n) is 19.4. The van der Waals surface area contributed by atoms with Gasteiger partial charge in [0.15, 0.2) is 0 Å². The van der Waals surface area contributed by atoms with E-state index in [1.165, 1.54) is 35.6 Å². The highest BCUT2D eigenvalue weighted by atomic mass is 32.2.